The first-order chi connectivity index (χ1) is 13.8. The van der Waals surface area contributed by atoms with Gasteiger partial charge < -0.3 is 11.1 Å². The van der Waals surface area contributed by atoms with E-state index in [1.54, 1.807) is 24.3 Å². The molecule has 0 atom stereocenters. The van der Waals surface area contributed by atoms with Crippen molar-refractivity contribution in [3.05, 3.63) is 45.8 Å². The van der Waals surface area contributed by atoms with Crippen LogP contribution in [0.5, 0.6) is 0 Å². The molecule has 1 aliphatic carbocycles. The number of amides is 2. The lowest BCUT2D eigenvalue weighted by atomic mass is 10.1. The van der Waals surface area contributed by atoms with Gasteiger partial charge in [0.05, 0.1) is 16.2 Å². The van der Waals surface area contributed by atoms with Gasteiger partial charge in [-0.25, -0.2) is 8.42 Å². The van der Waals surface area contributed by atoms with Crippen LogP contribution in [0.1, 0.15) is 58.5 Å². The standard InChI is InChI=1S/C21H26N2O4S2/c1-14-9-11-15(12-10-14)29(26,27)13-5-8-18(24)23-21-19(20(22)25)16-6-3-2-4-7-17(16)28-21/h9-12H,2-8,13H2,1H3,(H2,22,25)(H,23,24). The molecule has 8 heteroatoms. The van der Waals surface area contributed by atoms with E-state index in [4.69, 9.17) is 5.73 Å². The average Bonchev–Trinajstić information content (AvgIpc) is 2.83. The van der Waals surface area contributed by atoms with Crippen molar-refractivity contribution in [3.8, 4) is 0 Å². The Bertz CT molecular complexity index is 1010. The second-order valence-electron chi connectivity index (χ2n) is 7.42. The summed E-state index contributed by atoms with van der Waals surface area (Å²) in [7, 11) is -3.42. The molecule has 1 aromatic heterocycles. The molecule has 0 fully saturated rings. The first-order valence-corrected chi connectivity index (χ1v) is 12.3. The molecule has 0 aliphatic heterocycles. The number of nitrogens with two attached hydrogens (primary N) is 1. The number of hydrogen-bond donors (Lipinski definition) is 2. The summed E-state index contributed by atoms with van der Waals surface area (Å²) in [6, 6.07) is 6.68. The second-order valence-corrected chi connectivity index (χ2v) is 10.6. The van der Waals surface area contributed by atoms with Crippen LogP contribution in [-0.2, 0) is 27.5 Å². The van der Waals surface area contributed by atoms with Crippen LogP contribution < -0.4 is 11.1 Å². The largest absolute Gasteiger partial charge is 0.365 e. The van der Waals surface area contributed by atoms with E-state index in [0.29, 0.717) is 10.6 Å². The minimum absolute atomic E-state index is 0.0614. The number of carbonyl (C=O) groups excluding carboxylic acids is 2. The number of fused-ring (bicyclic) bond motifs is 1. The third-order valence-corrected chi connectivity index (χ3v) is 8.14. The average molecular weight is 435 g/mol. The molecule has 0 unspecified atom stereocenters. The lowest BCUT2D eigenvalue weighted by Crippen LogP contribution is -2.18. The molecule has 3 rings (SSSR count). The fourth-order valence-electron chi connectivity index (χ4n) is 3.57. The van der Waals surface area contributed by atoms with Crippen molar-refractivity contribution >= 4 is 38.0 Å². The third kappa shape index (κ3) is 5.25. The van der Waals surface area contributed by atoms with Crippen molar-refractivity contribution in [1.29, 1.82) is 0 Å². The Balaban J connectivity index is 1.62. The van der Waals surface area contributed by atoms with Gasteiger partial charge >= 0.3 is 0 Å². The Morgan fingerprint density at radius 3 is 2.48 bits per heavy atom. The van der Waals surface area contributed by atoms with E-state index in [1.165, 1.54) is 11.3 Å². The zero-order valence-electron chi connectivity index (χ0n) is 16.5. The summed E-state index contributed by atoms with van der Waals surface area (Å²) < 4.78 is 24.8. The number of anilines is 1. The highest BCUT2D eigenvalue weighted by Gasteiger charge is 2.24. The van der Waals surface area contributed by atoms with Crippen molar-refractivity contribution in [2.75, 3.05) is 11.1 Å². The molecule has 0 saturated heterocycles. The zero-order chi connectivity index (χ0) is 21.0. The molecule has 1 aromatic carbocycles. The zero-order valence-corrected chi connectivity index (χ0v) is 18.1. The molecule has 156 valence electrons. The van der Waals surface area contributed by atoms with Gasteiger partial charge in [-0.1, -0.05) is 24.1 Å². The van der Waals surface area contributed by atoms with Gasteiger partial charge in [0.2, 0.25) is 5.91 Å². The van der Waals surface area contributed by atoms with Crippen molar-refractivity contribution in [1.82, 2.24) is 0 Å². The monoisotopic (exact) mass is 434 g/mol. The molecule has 29 heavy (non-hydrogen) atoms. The lowest BCUT2D eigenvalue weighted by molar-refractivity contribution is -0.116. The Hall–Kier alpha value is -2.19. The van der Waals surface area contributed by atoms with Gasteiger partial charge in [0, 0.05) is 11.3 Å². The Kier molecular flexibility index (Phi) is 6.74. The molecule has 0 saturated carbocycles. The summed E-state index contributed by atoms with van der Waals surface area (Å²) in [6.07, 6.45) is 5.16. The predicted molar refractivity (Wildman–Crippen MR) is 115 cm³/mol. The number of hydrogen-bond acceptors (Lipinski definition) is 5. The molecule has 1 heterocycles. The molecular weight excluding hydrogens is 408 g/mol. The molecule has 0 bridgehead atoms. The Labute approximate surface area is 175 Å². The number of rotatable bonds is 7. The molecule has 0 radical (unpaired) electrons. The van der Waals surface area contributed by atoms with E-state index in [0.717, 1.165) is 48.1 Å². The van der Waals surface area contributed by atoms with Crippen LogP contribution in [0.4, 0.5) is 5.00 Å². The van der Waals surface area contributed by atoms with Crippen LogP contribution in [-0.4, -0.2) is 26.0 Å². The topological polar surface area (TPSA) is 106 Å². The second kappa shape index (κ2) is 9.09. The summed E-state index contributed by atoms with van der Waals surface area (Å²) in [6.45, 7) is 1.89. The van der Waals surface area contributed by atoms with Crippen LogP contribution in [0, 0.1) is 6.92 Å². The van der Waals surface area contributed by atoms with Crippen LogP contribution in [0.2, 0.25) is 0 Å². The highest BCUT2D eigenvalue weighted by atomic mass is 32.2. The highest BCUT2D eigenvalue weighted by Crippen LogP contribution is 2.37. The number of sulfone groups is 1. The minimum atomic E-state index is -3.42. The molecule has 0 spiro atoms. The number of primary amides is 1. The van der Waals surface area contributed by atoms with Crippen LogP contribution >= 0.6 is 11.3 Å². The highest BCUT2D eigenvalue weighted by molar-refractivity contribution is 7.91. The van der Waals surface area contributed by atoms with E-state index >= 15 is 0 Å². The normalized spacial score (nSPS) is 14.1. The van der Waals surface area contributed by atoms with Gasteiger partial charge in [0.1, 0.15) is 5.00 Å². The van der Waals surface area contributed by atoms with Gasteiger partial charge in [-0.05, 0) is 56.7 Å². The van der Waals surface area contributed by atoms with Crippen LogP contribution in [0.25, 0.3) is 0 Å². The maximum atomic E-state index is 12.4. The number of carbonyl (C=O) groups is 2. The van der Waals surface area contributed by atoms with Crippen LogP contribution in [0.3, 0.4) is 0 Å². The maximum absolute atomic E-state index is 12.4. The van der Waals surface area contributed by atoms with Crippen molar-refractivity contribution in [3.63, 3.8) is 0 Å². The molecule has 3 N–H and O–H groups in total. The summed E-state index contributed by atoms with van der Waals surface area (Å²) in [5.74, 6) is -0.933. The van der Waals surface area contributed by atoms with E-state index in [2.05, 4.69) is 5.32 Å². The van der Waals surface area contributed by atoms with Crippen molar-refractivity contribution < 1.29 is 18.0 Å². The van der Waals surface area contributed by atoms with E-state index in [1.807, 2.05) is 6.92 Å². The van der Waals surface area contributed by atoms with Crippen molar-refractivity contribution in [2.24, 2.45) is 5.73 Å². The molecule has 2 amide bonds. The van der Waals surface area contributed by atoms with Gasteiger partial charge in [-0.2, -0.15) is 0 Å². The number of aryl methyl sites for hydroxylation is 2. The van der Waals surface area contributed by atoms with E-state index < -0.39 is 15.7 Å². The quantitative estimate of drug-likeness (QED) is 0.649. The smallest absolute Gasteiger partial charge is 0.251 e. The van der Waals surface area contributed by atoms with E-state index in [9.17, 15) is 18.0 Å². The fourth-order valence-corrected chi connectivity index (χ4v) is 6.19. The number of thiophene rings is 1. The third-order valence-electron chi connectivity index (χ3n) is 5.12. The Morgan fingerprint density at radius 1 is 1.10 bits per heavy atom. The summed E-state index contributed by atoms with van der Waals surface area (Å²) in [5, 5.41) is 3.28. The van der Waals surface area contributed by atoms with Gasteiger partial charge in [0.15, 0.2) is 9.84 Å². The minimum Gasteiger partial charge on any atom is -0.365 e. The van der Waals surface area contributed by atoms with Crippen molar-refractivity contribution in [2.45, 2.75) is 56.8 Å². The maximum Gasteiger partial charge on any atom is 0.251 e. The molecule has 6 nitrogen and oxygen atoms in total. The van der Waals surface area contributed by atoms with Crippen LogP contribution in [0.15, 0.2) is 29.2 Å². The van der Waals surface area contributed by atoms with E-state index in [-0.39, 0.29) is 29.4 Å². The first kappa shape index (κ1) is 21.5. The Morgan fingerprint density at radius 2 is 1.79 bits per heavy atom. The predicted octanol–water partition coefficient (Wildman–Crippen LogP) is 3.62. The van der Waals surface area contributed by atoms with Gasteiger partial charge in [0.25, 0.3) is 5.91 Å². The first-order valence-electron chi connectivity index (χ1n) is 9.81. The van der Waals surface area contributed by atoms with Gasteiger partial charge in [-0.15, -0.1) is 11.3 Å². The lowest BCUT2D eigenvalue weighted by Gasteiger charge is -2.07. The summed E-state index contributed by atoms with van der Waals surface area (Å²) in [5.41, 5.74) is 7.96. The number of benzene rings is 1. The number of nitrogens with one attached hydrogen (secondary N) is 1. The molecule has 2 aromatic rings. The molecular formula is C21H26N2O4S2. The fraction of sp³-hybridized carbons (Fsp3) is 0.429. The summed E-state index contributed by atoms with van der Waals surface area (Å²) in [4.78, 5) is 25.7. The summed E-state index contributed by atoms with van der Waals surface area (Å²) >= 11 is 1.42. The van der Waals surface area contributed by atoms with Gasteiger partial charge in [-0.3, -0.25) is 9.59 Å². The SMILES string of the molecule is Cc1ccc(S(=O)(=O)CCCC(=O)Nc2sc3c(c2C(N)=O)CCCCC3)cc1. The molecule has 1 aliphatic rings.